The van der Waals surface area contributed by atoms with Crippen LogP contribution in [0.15, 0.2) is 18.2 Å². The summed E-state index contributed by atoms with van der Waals surface area (Å²) in [4.78, 5) is 4.61. The first kappa shape index (κ1) is 14.5. The molecule has 1 aliphatic rings. The number of rotatable bonds is 9. The maximum atomic E-state index is 5.72. The van der Waals surface area contributed by atoms with Crippen LogP contribution in [0.4, 0.5) is 0 Å². The van der Waals surface area contributed by atoms with Crippen molar-refractivity contribution in [2.45, 2.75) is 52.2 Å². The minimum absolute atomic E-state index is 0.647. The first-order chi connectivity index (χ1) is 9.38. The molecule has 0 spiro atoms. The van der Waals surface area contributed by atoms with E-state index in [4.69, 9.17) is 4.74 Å². The van der Waals surface area contributed by atoms with Crippen LogP contribution in [0.2, 0.25) is 0 Å². The number of nitrogens with one attached hydrogen (secondary N) is 1. The molecule has 106 valence electrons. The normalized spacial score (nSPS) is 15.4. The van der Waals surface area contributed by atoms with Gasteiger partial charge in [-0.1, -0.05) is 32.3 Å². The molecule has 0 amide bonds. The minimum Gasteiger partial charge on any atom is -0.375 e. The zero-order valence-corrected chi connectivity index (χ0v) is 12.0. The fourth-order valence-electron chi connectivity index (χ4n) is 2.31. The molecule has 0 saturated heterocycles. The van der Waals surface area contributed by atoms with Gasteiger partial charge in [0.2, 0.25) is 0 Å². The molecule has 2 rings (SSSR count). The summed E-state index contributed by atoms with van der Waals surface area (Å²) < 4.78 is 5.72. The summed E-state index contributed by atoms with van der Waals surface area (Å²) in [6, 6.07) is 6.19. The molecule has 3 nitrogen and oxygen atoms in total. The van der Waals surface area contributed by atoms with Crippen molar-refractivity contribution >= 4 is 0 Å². The van der Waals surface area contributed by atoms with E-state index >= 15 is 0 Å². The highest BCUT2D eigenvalue weighted by molar-refractivity contribution is 5.10. The lowest BCUT2D eigenvalue weighted by Gasteiger charge is -2.24. The Morgan fingerprint density at radius 1 is 1.32 bits per heavy atom. The van der Waals surface area contributed by atoms with E-state index < -0.39 is 0 Å². The topological polar surface area (TPSA) is 34.1 Å². The van der Waals surface area contributed by atoms with Gasteiger partial charge in [-0.15, -0.1) is 0 Å². The minimum atomic E-state index is 0.647. The van der Waals surface area contributed by atoms with Gasteiger partial charge in [-0.3, -0.25) is 4.98 Å². The molecule has 1 saturated carbocycles. The van der Waals surface area contributed by atoms with E-state index in [0.717, 1.165) is 43.4 Å². The Morgan fingerprint density at radius 3 is 2.89 bits per heavy atom. The summed E-state index contributed by atoms with van der Waals surface area (Å²) >= 11 is 0. The molecule has 3 heteroatoms. The Kier molecular flexibility index (Phi) is 6.31. The summed E-state index contributed by atoms with van der Waals surface area (Å²) in [5.74, 6) is 0.928. The van der Waals surface area contributed by atoms with Gasteiger partial charge < -0.3 is 10.1 Å². The van der Waals surface area contributed by atoms with Crippen LogP contribution in [0.1, 0.15) is 50.4 Å². The lowest BCUT2D eigenvalue weighted by Crippen LogP contribution is -2.15. The molecular weight excluding hydrogens is 236 g/mol. The van der Waals surface area contributed by atoms with Crippen molar-refractivity contribution in [2.75, 3.05) is 13.2 Å². The third kappa shape index (κ3) is 5.29. The van der Waals surface area contributed by atoms with Crippen LogP contribution in [0, 0.1) is 5.92 Å². The standard InChI is InChI=1S/C16H26N2O/c1-2-10-17-12-15-7-4-8-16(18-15)13-19-11-9-14-5-3-6-14/h4,7-8,14,17H,2-3,5-6,9-13H2,1H3. The average Bonchev–Trinajstić information content (AvgIpc) is 2.37. The van der Waals surface area contributed by atoms with Gasteiger partial charge in [0.25, 0.3) is 0 Å². The Labute approximate surface area is 116 Å². The maximum Gasteiger partial charge on any atom is 0.0887 e. The number of hydrogen-bond acceptors (Lipinski definition) is 3. The van der Waals surface area contributed by atoms with E-state index in [1.165, 1.54) is 25.7 Å². The van der Waals surface area contributed by atoms with Crippen LogP contribution < -0.4 is 5.32 Å². The molecule has 0 radical (unpaired) electrons. The Balaban J connectivity index is 1.65. The van der Waals surface area contributed by atoms with Crippen molar-refractivity contribution in [3.8, 4) is 0 Å². The van der Waals surface area contributed by atoms with Crippen LogP contribution in [0.5, 0.6) is 0 Å². The zero-order chi connectivity index (χ0) is 13.3. The summed E-state index contributed by atoms with van der Waals surface area (Å²) in [5.41, 5.74) is 2.15. The van der Waals surface area contributed by atoms with Gasteiger partial charge in [0, 0.05) is 13.2 Å². The van der Waals surface area contributed by atoms with Gasteiger partial charge in [0.05, 0.1) is 18.0 Å². The molecule has 1 aliphatic carbocycles. The van der Waals surface area contributed by atoms with E-state index in [9.17, 15) is 0 Å². The molecule has 1 aromatic heterocycles. The Hall–Kier alpha value is -0.930. The SMILES string of the molecule is CCCNCc1cccc(COCCC2CCC2)n1. The second-order valence-electron chi connectivity index (χ2n) is 5.44. The first-order valence-corrected chi connectivity index (χ1v) is 7.61. The molecule has 1 N–H and O–H groups in total. The smallest absolute Gasteiger partial charge is 0.0887 e. The predicted molar refractivity (Wildman–Crippen MR) is 77.8 cm³/mol. The van der Waals surface area contributed by atoms with E-state index in [1.54, 1.807) is 0 Å². The fraction of sp³-hybridized carbons (Fsp3) is 0.688. The van der Waals surface area contributed by atoms with Gasteiger partial charge in [-0.2, -0.15) is 0 Å². The van der Waals surface area contributed by atoms with Gasteiger partial charge in [0.15, 0.2) is 0 Å². The van der Waals surface area contributed by atoms with Crippen molar-refractivity contribution < 1.29 is 4.74 Å². The van der Waals surface area contributed by atoms with Crippen LogP contribution in [0.3, 0.4) is 0 Å². The van der Waals surface area contributed by atoms with Gasteiger partial charge in [0.1, 0.15) is 0 Å². The summed E-state index contributed by atoms with van der Waals surface area (Å²) in [5, 5.41) is 3.37. The summed E-state index contributed by atoms with van der Waals surface area (Å²) in [6.45, 7) is 5.60. The van der Waals surface area contributed by atoms with Crippen molar-refractivity contribution in [3.05, 3.63) is 29.6 Å². The second-order valence-corrected chi connectivity index (χ2v) is 5.44. The van der Waals surface area contributed by atoms with Crippen LogP contribution in [0.25, 0.3) is 0 Å². The van der Waals surface area contributed by atoms with E-state index in [-0.39, 0.29) is 0 Å². The Morgan fingerprint density at radius 2 is 2.16 bits per heavy atom. The van der Waals surface area contributed by atoms with Crippen molar-refractivity contribution in [1.29, 1.82) is 0 Å². The van der Waals surface area contributed by atoms with Gasteiger partial charge in [-0.05, 0) is 37.4 Å². The molecule has 0 unspecified atom stereocenters. The van der Waals surface area contributed by atoms with Crippen molar-refractivity contribution in [3.63, 3.8) is 0 Å². The lowest BCUT2D eigenvalue weighted by molar-refractivity contribution is 0.0928. The third-order valence-electron chi connectivity index (χ3n) is 3.74. The molecule has 0 bridgehead atoms. The fourth-order valence-corrected chi connectivity index (χ4v) is 2.31. The van der Waals surface area contributed by atoms with Gasteiger partial charge >= 0.3 is 0 Å². The molecule has 1 aromatic rings. The highest BCUT2D eigenvalue weighted by Gasteiger charge is 2.16. The molecule has 0 aliphatic heterocycles. The molecule has 1 heterocycles. The monoisotopic (exact) mass is 262 g/mol. The molecule has 0 atom stereocenters. The zero-order valence-electron chi connectivity index (χ0n) is 12.0. The largest absolute Gasteiger partial charge is 0.375 e. The summed E-state index contributed by atoms with van der Waals surface area (Å²) in [7, 11) is 0. The van der Waals surface area contributed by atoms with E-state index in [2.05, 4.69) is 29.4 Å². The third-order valence-corrected chi connectivity index (χ3v) is 3.74. The number of ether oxygens (including phenoxy) is 1. The molecule has 0 aromatic carbocycles. The van der Waals surface area contributed by atoms with Crippen LogP contribution >= 0.6 is 0 Å². The van der Waals surface area contributed by atoms with Gasteiger partial charge in [-0.25, -0.2) is 0 Å². The van der Waals surface area contributed by atoms with Crippen LogP contribution in [-0.4, -0.2) is 18.1 Å². The van der Waals surface area contributed by atoms with Crippen molar-refractivity contribution in [1.82, 2.24) is 10.3 Å². The number of aromatic nitrogens is 1. The number of hydrogen-bond donors (Lipinski definition) is 1. The highest BCUT2D eigenvalue weighted by atomic mass is 16.5. The number of nitrogens with zero attached hydrogens (tertiary/aromatic N) is 1. The quantitative estimate of drug-likeness (QED) is 0.693. The highest BCUT2D eigenvalue weighted by Crippen LogP contribution is 2.29. The molecule has 19 heavy (non-hydrogen) atoms. The predicted octanol–water partition coefficient (Wildman–Crippen LogP) is 3.29. The first-order valence-electron chi connectivity index (χ1n) is 7.61. The second kappa shape index (κ2) is 8.28. The van der Waals surface area contributed by atoms with E-state index in [0.29, 0.717) is 6.61 Å². The molecule has 1 fully saturated rings. The summed E-state index contributed by atoms with van der Waals surface area (Å²) in [6.07, 6.45) is 6.60. The van der Waals surface area contributed by atoms with Crippen molar-refractivity contribution in [2.24, 2.45) is 5.92 Å². The van der Waals surface area contributed by atoms with E-state index in [1.807, 2.05) is 6.07 Å². The molecular formula is C16H26N2O. The van der Waals surface area contributed by atoms with Crippen LogP contribution in [-0.2, 0) is 17.9 Å². The lowest BCUT2D eigenvalue weighted by atomic mass is 9.83. The maximum absolute atomic E-state index is 5.72. The number of pyridine rings is 1. The average molecular weight is 262 g/mol. The Bertz CT molecular complexity index is 364.